The van der Waals surface area contributed by atoms with E-state index in [2.05, 4.69) is 0 Å². The first-order valence-corrected chi connectivity index (χ1v) is 6.72. The van der Waals surface area contributed by atoms with Crippen LogP contribution < -0.4 is 4.90 Å². The highest BCUT2D eigenvalue weighted by atomic mass is 16.2. The molecule has 3 heteroatoms. The van der Waals surface area contributed by atoms with Gasteiger partial charge in [0.25, 0.3) is 0 Å². The van der Waals surface area contributed by atoms with Crippen LogP contribution in [0.15, 0.2) is 54.6 Å². The number of nitrogens with zero attached hydrogens (tertiary/aromatic N) is 1. The summed E-state index contributed by atoms with van der Waals surface area (Å²) >= 11 is 0. The fourth-order valence-electron chi connectivity index (χ4n) is 2.54. The Balaban J connectivity index is 2.02. The van der Waals surface area contributed by atoms with Crippen LogP contribution in [0.5, 0.6) is 0 Å². The molecule has 100 valence electrons. The number of Topliss-reactive ketones (excluding diaryl/α,β-unsaturated/α-hetero) is 1. The largest absolute Gasteiger partial charge is 0.311 e. The van der Waals surface area contributed by atoms with Crippen molar-refractivity contribution in [3.63, 3.8) is 0 Å². The molecule has 1 fully saturated rings. The zero-order chi connectivity index (χ0) is 13.9. The maximum absolute atomic E-state index is 12.1. The van der Waals surface area contributed by atoms with Crippen LogP contribution in [0.2, 0.25) is 0 Å². The number of piperidine rings is 1. The van der Waals surface area contributed by atoms with Crippen LogP contribution in [0.4, 0.5) is 5.69 Å². The Bertz CT molecular complexity index is 649. The highest BCUT2D eigenvalue weighted by molar-refractivity contribution is 6.09. The Morgan fingerprint density at radius 2 is 1.55 bits per heavy atom. The molecule has 3 nitrogen and oxygen atoms in total. The lowest BCUT2D eigenvalue weighted by molar-refractivity contribution is -0.128. The number of benzene rings is 2. The summed E-state index contributed by atoms with van der Waals surface area (Å²) < 4.78 is 0. The quantitative estimate of drug-likeness (QED) is 0.783. The number of carbonyl (C=O) groups is 2. The van der Waals surface area contributed by atoms with Crippen molar-refractivity contribution < 1.29 is 9.59 Å². The van der Waals surface area contributed by atoms with Crippen molar-refractivity contribution in [2.45, 2.75) is 12.8 Å². The summed E-state index contributed by atoms with van der Waals surface area (Å²) in [4.78, 5) is 25.2. The Morgan fingerprint density at radius 1 is 0.850 bits per heavy atom. The maximum atomic E-state index is 12.1. The van der Waals surface area contributed by atoms with Crippen LogP contribution in [0.1, 0.15) is 12.8 Å². The highest BCUT2D eigenvalue weighted by Gasteiger charge is 2.26. The molecule has 1 aliphatic rings. The Labute approximate surface area is 117 Å². The van der Waals surface area contributed by atoms with Gasteiger partial charge >= 0.3 is 0 Å². The van der Waals surface area contributed by atoms with Gasteiger partial charge in [0.1, 0.15) is 5.78 Å². The first kappa shape index (κ1) is 12.6. The number of anilines is 1. The second-order valence-corrected chi connectivity index (χ2v) is 4.89. The summed E-state index contributed by atoms with van der Waals surface area (Å²) in [5, 5.41) is 0. The van der Waals surface area contributed by atoms with E-state index in [1.54, 1.807) is 4.90 Å². The minimum absolute atomic E-state index is 0.0170. The molecular formula is C17H15NO2. The Kier molecular flexibility index (Phi) is 3.33. The molecule has 0 aliphatic carbocycles. The van der Waals surface area contributed by atoms with E-state index in [4.69, 9.17) is 0 Å². The summed E-state index contributed by atoms with van der Waals surface area (Å²) in [6.07, 6.45) is 0.456. The third-order valence-corrected chi connectivity index (χ3v) is 3.54. The molecule has 1 saturated heterocycles. The predicted molar refractivity (Wildman–Crippen MR) is 78.5 cm³/mol. The van der Waals surface area contributed by atoms with E-state index in [0.29, 0.717) is 13.0 Å². The molecule has 0 radical (unpaired) electrons. The molecule has 2 aromatic carbocycles. The third-order valence-electron chi connectivity index (χ3n) is 3.54. The molecule has 1 amide bonds. The minimum Gasteiger partial charge on any atom is -0.311 e. The average Bonchev–Trinajstić information content (AvgIpc) is 2.48. The first-order chi connectivity index (χ1) is 9.75. The van der Waals surface area contributed by atoms with Gasteiger partial charge in [-0.1, -0.05) is 48.5 Å². The van der Waals surface area contributed by atoms with E-state index >= 15 is 0 Å². The number of hydrogen-bond donors (Lipinski definition) is 0. The van der Waals surface area contributed by atoms with Crippen LogP contribution in [0.25, 0.3) is 11.1 Å². The van der Waals surface area contributed by atoms with E-state index in [1.807, 2.05) is 54.6 Å². The number of para-hydroxylation sites is 1. The number of amides is 1. The summed E-state index contributed by atoms with van der Waals surface area (Å²) in [6, 6.07) is 17.8. The molecule has 0 bridgehead atoms. The summed E-state index contributed by atoms with van der Waals surface area (Å²) in [7, 11) is 0. The molecule has 2 aromatic rings. The normalized spacial score (nSPS) is 15.5. The van der Waals surface area contributed by atoms with Crippen molar-refractivity contribution >= 4 is 17.4 Å². The van der Waals surface area contributed by atoms with Gasteiger partial charge in [0.05, 0.1) is 12.1 Å². The third kappa shape index (κ3) is 2.35. The van der Waals surface area contributed by atoms with Gasteiger partial charge < -0.3 is 4.90 Å². The smallest absolute Gasteiger partial charge is 0.234 e. The Morgan fingerprint density at radius 3 is 2.30 bits per heavy atom. The van der Waals surface area contributed by atoms with E-state index in [-0.39, 0.29) is 18.1 Å². The molecule has 20 heavy (non-hydrogen) atoms. The van der Waals surface area contributed by atoms with Gasteiger partial charge in [0, 0.05) is 18.5 Å². The van der Waals surface area contributed by atoms with Crippen molar-refractivity contribution in [1.29, 1.82) is 0 Å². The highest BCUT2D eigenvalue weighted by Crippen LogP contribution is 2.32. The van der Waals surface area contributed by atoms with Crippen molar-refractivity contribution in [1.82, 2.24) is 0 Å². The summed E-state index contributed by atoms with van der Waals surface area (Å²) in [5.74, 6) is -0.0759. The molecule has 0 N–H and O–H groups in total. The molecule has 0 spiro atoms. The number of ketones is 1. The van der Waals surface area contributed by atoms with Crippen LogP contribution in [-0.4, -0.2) is 18.2 Å². The van der Waals surface area contributed by atoms with Gasteiger partial charge in [-0.05, 0) is 11.6 Å². The van der Waals surface area contributed by atoms with Crippen LogP contribution in [0.3, 0.4) is 0 Å². The van der Waals surface area contributed by atoms with Crippen molar-refractivity contribution in [3.05, 3.63) is 54.6 Å². The van der Waals surface area contributed by atoms with Gasteiger partial charge in [-0.2, -0.15) is 0 Å². The fraction of sp³-hybridized carbons (Fsp3) is 0.176. The number of rotatable bonds is 2. The molecule has 0 unspecified atom stereocenters. The van der Waals surface area contributed by atoms with Crippen LogP contribution in [0, 0.1) is 0 Å². The maximum Gasteiger partial charge on any atom is 0.234 e. The molecular weight excluding hydrogens is 250 g/mol. The van der Waals surface area contributed by atoms with Crippen LogP contribution >= 0.6 is 0 Å². The second-order valence-electron chi connectivity index (χ2n) is 4.89. The van der Waals surface area contributed by atoms with Crippen molar-refractivity contribution in [3.8, 4) is 11.1 Å². The van der Waals surface area contributed by atoms with E-state index in [0.717, 1.165) is 16.8 Å². The molecule has 1 heterocycles. The Hall–Kier alpha value is -2.42. The number of carbonyl (C=O) groups excluding carboxylic acids is 2. The van der Waals surface area contributed by atoms with Gasteiger partial charge in [-0.3, -0.25) is 9.59 Å². The monoisotopic (exact) mass is 265 g/mol. The SMILES string of the molecule is O=C1CCN(c2ccccc2-c2ccccc2)C(=O)C1. The number of hydrogen-bond acceptors (Lipinski definition) is 2. The molecule has 3 rings (SSSR count). The summed E-state index contributed by atoms with van der Waals surface area (Å²) in [5.41, 5.74) is 2.99. The minimum atomic E-state index is -0.107. The van der Waals surface area contributed by atoms with Crippen molar-refractivity contribution in [2.24, 2.45) is 0 Å². The summed E-state index contributed by atoms with van der Waals surface area (Å²) in [6.45, 7) is 0.474. The zero-order valence-electron chi connectivity index (χ0n) is 11.1. The molecule has 0 aromatic heterocycles. The fourth-order valence-corrected chi connectivity index (χ4v) is 2.54. The standard InChI is InChI=1S/C17H15NO2/c19-14-10-11-18(17(20)12-14)16-9-5-4-8-15(16)13-6-2-1-3-7-13/h1-9H,10-12H2. The first-order valence-electron chi connectivity index (χ1n) is 6.72. The van der Waals surface area contributed by atoms with Gasteiger partial charge in [0.2, 0.25) is 5.91 Å². The average molecular weight is 265 g/mol. The lowest BCUT2D eigenvalue weighted by Crippen LogP contribution is -2.39. The molecule has 1 aliphatic heterocycles. The zero-order valence-corrected chi connectivity index (χ0v) is 11.1. The topological polar surface area (TPSA) is 37.4 Å². The van der Waals surface area contributed by atoms with E-state index < -0.39 is 0 Å². The van der Waals surface area contributed by atoms with Crippen molar-refractivity contribution in [2.75, 3.05) is 11.4 Å². The predicted octanol–water partition coefficient (Wildman–Crippen LogP) is 3.05. The lowest BCUT2D eigenvalue weighted by Gasteiger charge is -2.28. The van der Waals surface area contributed by atoms with Crippen LogP contribution in [-0.2, 0) is 9.59 Å². The van der Waals surface area contributed by atoms with Gasteiger partial charge in [0.15, 0.2) is 0 Å². The second kappa shape index (κ2) is 5.29. The lowest BCUT2D eigenvalue weighted by atomic mass is 10.0. The van der Waals surface area contributed by atoms with E-state index in [1.165, 1.54) is 0 Å². The molecule has 0 atom stereocenters. The molecule has 0 saturated carbocycles. The van der Waals surface area contributed by atoms with Gasteiger partial charge in [-0.25, -0.2) is 0 Å². The van der Waals surface area contributed by atoms with E-state index in [9.17, 15) is 9.59 Å². The van der Waals surface area contributed by atoms with Gasteiger partial charge in [-0.15, -0.1) is 0 Å².